The zero-order valence-electron chi connectivity index (χ0n) is 9.84. The summed E-state index contributed by atoms with van der Waals surface area (Å²) < 4.78 is 5.33. The van der Waals surface area contributed by atoms with E-state index in [1.807, 2.05) is 24.3 Å². The molecule has 0 heterocycles. The van der Waals surface area contributed by atoms with Gasteiger partial charge in [0.2, 0.25) is 0 Å². The first-order valence-electron chi connectivity index (χ1n) is 5.65. The molecule has 0 aromatic heterocycles. The number of rotatable bonds is 2. The zero-order valence-corrected chi connectivity index (χ0v) is 9.84. The molecule has 3 rings (SSSR count). The minimum atomic E-state index is -0.329. The van der Waals surface area contributed by atoms with E-state index in [9.17, 15) is 10.1 Å². The summed E-state index contributed by atoms with van der Waals surface area (Å²) in [4.78, 5) is 10.7. The Hall–Kier alpha value is -2.36. The molecule has 4 heteroatoms. The maximum absolute atomic E-state index is 11.1. The number of nitrogens with zero attached hydrogens (tertiary/aromatic N) is 1. The third-order valence-electron chi connectivity index (χ3n) is 3.32. The van der Waals surface area contributed by atoms with Crippen molar-refractivity contribution in [2.45, 2.75) is 6.42 Å². The van der Waals surface area contributed by atoms with E-state index >= 15 is 0 Å². The molecule has 2 aromatic rings. The highest BCUT2D eigenvalue weighted by Gasteiger charge is 2.29. The summed E-state index contributed by atoms with van der Waals surface area (Å²) in [6.45, 7) is 0. The summed E-state index contributed by atoms with van der Waals surface area (Å²) in [5.41, 5.74) is 3.93. The lowest BCUT2D eigenvalue weighted by molar-refractivity contribution is -0.385. The van der Waals surface area contributed by atoms with Crippen LogP contribution in [0.2, 0.25) is 0 Å². The third kappa shape index (κ3) is 1.39. The third-order valence-corrected chi connectivity index (χ3v) is 3.32. The fraction of sp³-hybridized carbons (Fsp3) is 0.143. The van der Waals surface area contributed by atoms with Crippen molar-refractivity contribution in [3.05, 3.63) is 57.6 Å². The maximum atomic E-state index is 11.1. The molecular weight excluding hydrogens is 230 g/mol. The normalized spacial score (nSPS) is 11.8. The largest absolute Gasteiger partial charge is 0.496 e. The topological polar surface area (TPSA) is 52.4 Å². The number of fused-ring (bicyclic) bond motifs is 3. The predicted octanol–water partition coefficient (Wildman–Crippen LogP) is 3.17. The van der Waals surface area contributed by atoms with Crippen molar-refractivity contribution < 1.29 is 9.66 Å². The molecule has 2 aromatic carbocycles. The van der Waals surface area contributed by atoms with Gasteiger partial charge in [0.1, 0.15) is 5.75 Å². The smallest absolute Gasteiger partial charge is 0.273 e. The van der Waals surface area contributed by atoms with Gasteiger partial charge in [-0.3, -0.25) is 10.1 Å². The van der Waals surface area contributed by atoms with Crippen LogP contribution in [0.5, 0.6) is 5.75 Å². The Morgan fingerprint density at radius 2 is 2.00 bits per heavy atom. The Labute approximate surface area is 104 Å². The van der Waals surface area contributed by atoms with Gasteiger partial charge in [0.15, 0.2) is 0 Å². The van der Waals surface area contributed by atoms with Gasteiger partial charge >= 0.3 is 0 Å². The highest BCUT2D eigenvalue weighted by atomic mass is 16.6. The van der Waals surface area contributed by atoms with Crippen LogP contribution in [0.4, 0.5) is 5.69 Å². The number of hydrogen-bond acceptors (Lipinski definition) is 3. The van der Waals surface area contributed by atoms with Crippen molar-refractivity contribution in [1.82, 2.24) is 0 Å². The van der Waals surface area contributed by atoms with E-state index in [2.05, 4.69) is 0 Å². The van der Waals surface area contributed by atoms with E-state index in [1.165, 1.54) is 6.07 Å². The lowest BCUT2D eigenvalue weighted by atomic mass is 10.0. The molecule has 0 unspecified atom stereocenters. The van der Waals surface area contributed by atoms with E-state index < -0.39 is 0 Å². The molecule has 1 aliphatic rings. The molecule has 0 fully saturated rings. The molecule has 1 aliphatic carbocycles. The molecular formula is C14H11NO3. The molecule has 90 valence electrons. The summed E-state index contributed by atoms with van der Waals surface area (Å²) >= 11 is 0. The number of methoxy groups -OCH3 is 1. The van der Waals surface area contributed by atoms with Gasteiger partial charge in [-0.05, 0) is 17.2 Å². The average Bonchev–Trinajstić information content (AvgIpc) is 2.76. The van der Waals surface area contributed by atoms with Crippen molar-refractivity contribution in [3.8, 4) is 16.9 Å². The van der Waals surface area contributed by atoms with E-state index in [0.29, 0.717) is 12.2 Å². The van der Waals surface area contributed by atoms with Crippen molar-refractivity contribution in [1.29, 1.82) is 0 Å². The Balaban J connectivity index is 2.32. The fourth-order valence-corrected chi connectivity index (χ4v) is 2.54. The quantitative estimate of drug-likeness (QED) is 0.511. The number of hydrogen-bond donors (Lipinski definition) is 0. The monoisotopic (exact) mass is 241 g/mol. The number of benzene rings is 2. The minimum Gasteiger partial charge on any atom is -0.496 e. The van der Waals surface area contributed by atoms with Gasteiger partial charge in [0, 0.05) is 23.6 Å². The Morgan fingerprint density at radius 1 is 1.22 bits per heavy atom. The van der Waals surface area contributed by atoms with Crippen molar-refractivity contribution in [3.63, 3.8) is 0 Å². The van der Waals surface area contributed by atoms with E-state index in [1.54, 1.807) is 13.2 Å². The fourth-order valence-electron chi connectivity index (χ4n) is 2.54. The molecule has 0 bridgehead atoms. The van der Waals surface area contributed by atoms with Crippen molar-refractivity contribution >= 4 is 5.69 Å². The zero-order chi connectivity index (χ0) is 12.7. The second-order valence-electron chi connectivity index (χ2n) is 4.23. The second kappa shape index (κ2) is 3.84. The lowest BCUT2D eigenvalue weighted by Gasteiger charge is -2.08. The average molecular weight is 241 g/mol. The molecule has 0 spiro atoms. The van der Waals surface area contributed by atoms with Crippen LogP contribution in [0.25, 0.3) is 11.1 Å². The number of nitro groups is 1. The van der Waals surface area contributed by atoms with Gasteiger partial charge in [-0.1, -0.05) is 24.3 Å². The van der Waals surface area contributed by atoms with Crippen LogP contribution >= 0.6 is 0 Å². The Kier molecular flexibility index (Phi) is 2.30. The van der Waals surface area contributed by atoms with Gasteiger partial charge in [-0.2, -0.15) is 0 Å². The first-order chi connectivity index (χ1) is 8.72. The van der Waals surface area contributed by atoms with Crippen LogP contribution in [-0.4, -0.2) is 12.0 Å². The first kappa shape index (κ1) is 10.8. The van der Waals surface area contributed by atoms with Crippen molar-refractivity contribution in [2.24, 2.45) is 0 Å². The Morgan fingerprint density at radius 3 is 2.72 bits per heavy atom. The van der Waals surface area contributed by atoms with Crippen LogP contribution in [0, 0.1) is 10.1 Å². The van der Waals surface area contributed by atoms with Gasteiger partial charge in [0.25, 0.3) is 5.69 Å². The van der Waals surface area contributed by atoms with Crippen LogP contribution in [0.3, 0.4) is 0 Å². The molecule has 0 aliphatic heterocycles. The molecule has 4 nitrogen and oxygen atoms in total. The van der Waals surface area contributed by atoms with E-state index in [0.717, 1.165) is 22.3 Å². The maximum Gasteiger partial charge on any atom is 0.273 e. The Bertz CT molecular complexity index is 649. The summed E-state index contributed by atoms with van der Waals surface area (Å²) in [6.07, 6.45) is 0.596. The summed E-state index contributed by atoms with van der Waals surface area (Å²) in [5, 5.41) is 11.1. The molecule has 0 radical (unpaired) electrons. The minimum absolute atomic E-state index is 0.169. The van der Waals surface area contributed by atoms with Gasteiger partial charge < -0.3 is 4.74 Å². The van der Waals surface area contributed by atoms with Crippen LogP contribution < -0.4 is 4.74 Å². The first-order valence-corrected chi connectivity index (χ1v) is 5.65. The SMILES string of the molecule is COc1ccc([N+](=O)[O-])c2c1-c1ccccc1C2. The predicted molar refractivity (Wildman–Crippen MR) is 67.9 cm³/mol. The standard InChI is InChI=1S/C14H11NO3/c1-18-13-7-6-12(15(16)17)11-8-9-4-2-3-5-10(9)14(11)13/h2-7H,8H2,1H3. The van der Waals surface area contributed by atoms with E-state index in [-0.39, 0.29) is 10.6 Å². The van der Waals surface area contributed by atoms with Gasteiger partial charge in [-0.15, -0.1) is 0 Å². The summed E-state index contributed by atoms with van der Waals surface area (Å²) in [7, 11) is 1.59. The molecule has 0 saturated carbocycles. The molecule has 0 N–H and O–H groups in total. The second-order valence-corrected chi connectivity index (χ2v) is 4.23. The molecule has 18 heavy (non-hydrogen) atoms. The van der Waals surface area contributed by atoms with Crippen LogP contribution in [-0.2, 0) is 6.42 Å². The van der Waals surface area contributed by atoms with Gasteiger partial charge in [-0.25, -0.2) is 0 Å². The highest BCUT2D eigenvalue weighted by Crippen LogP contribution is 2.46. The van der Waals surface area contributed by atoms with Crippen molar-refractivity contribution in [2.75, 3.05) is 7.11 Å². The number of ether oxygens (including phenoxy) is 1. The molecule has 0 saturated heterocycles. The van der Waals surface area contributed by atoms with Gasteiger partial charge in [0.05, 0.1) is 12.0 Å². The summed E-state index contributed by atoms with van der Waals surface area (Å²) in [6, 6.07) is 11.0. The highest BCUT2D eigenvalue weighted by molar-refractivity contribution is 5.84. The summed E-state index contributed by atoms with van der Waals surface area (Å²) in [5.74, 6) is 0.695. The lowest BCUT2D eigenvalue weighted by Crippen LogP contribution is -1.96. The van der Waals surface area contributed by atoms with E-state index in [4.69, 9.17) is 4.74 Å². The molecule has 0 amide bonds. The van der Waals surface area contributed by atoms with Crippen LogP contribution in [0.1, 0.15) is 11.1 Å². The number of nitro benzene ring substituents is 1. The van der Waals surface area contributed by atoms with Crippen LogP contribution in [0.15, 0.2) is 36.4 Å². The molecule has 0 atom stereocenters.